The van der Waals surface area contributed by atoms with Crippen molar-refractivity contribution < 1.29 is 4.79 Å². The average Bonchev–Trinajstić information content (AvgIpc) is 2.94. The Bertz CT molecular complexity index is 305. The molecule has 0 bridgehead atoms. The number of likely N-dealkylation sites (tertiary alicyclic amines) is 1. The molecule has 1 heterocycles. The number of hydrogen-bond acceptors (Lipinski definition) is 2. The topological polar surface area (TPSA) is 46.3 Å². The smallest absolute Gasteiger partial charge is 0.226 e. The van der Waals surface area contributed by atoms with Crippen molar-refractivity contribution in [2.75, 3.05) is 13.1 Å². The summed E-state index contributed by atoms with van der Waals surface area (Å²) in [4.78, 5) is 15.1. The Hall–Kier alpha value is -0.570. The van der Waals surface area contributed by atoms with Crippen LogP contribution in [0.4, 0.5) is 0 Å². The molecule has 110 valence electrons. The number of hydrogen-bond donors (Lipinski definition) is 1. The highest BCUT2D eigenvalue weighted by Crippen LogP contribution is 2.35. The van der Waals surface area contributed by atoms with E-state index in [4.69, 9.17) is 5.73 Å². The van der Waals surface area contributed by atoms with Crippen LogP contribution in [-0.2, 0) is 4.79 Å². The number of carbonyl (C=O) groups is 1. The van der Waals surface area contributed by atoms with Gasteiger partial charge in [-0.1, -0.05) is 26.7 Å². The molecule has 2 aliphatic rings. The molecule has 3 heteroatoms. The Morgan fingerprint density at radius 1 is 1.26 bits per heavy atom. The van der Waals surface area contributed by atoms with Crippen LogP contribution in [0.25, 0.3) is 0 Å². The summed E-state index contributed by atoms with van der Waals surface area (Å²) in [5, 5.41) is 0. The van der Waals surface area contributed by atoms with Crippen molar-refractivity contribution in [1.82, 2.24) is 4.90 Å². The van der Waals surface area contributed by atoms with Crippen molar-refractivity contribution in [3.8, 4) is 0 Å². The largest absolute Gasteiger partial charge is 0.339 e. The minimum Gasteiger partial charge on any atom is -0.339 e. The molecule has 0 aromatic rings. The summed E-state index contributed by atoms with van der Waals surface area (Å²) in [6, 6.07) is 0.477. The van der Waals surface area contributed by atoms with Gasteiger partial charge in [0.2, 0.25) is 5.91 Å². The number of nitrogens with zero attached hydrogens (tertiary/aromatic N) is 1. The lowest BCUT2D eigenvalue weighted by Gasteiger charge is -2.41. The molecule has 2 N–H and O–H groups in total. The summed E-state index contributed by atoms with van der Waals surface area (Å²) >= 11 is 0. The first-order valence-corrected chi connectivity index (χ1v) is 8.19. The minimum absolute atomic E-state index is 0.217. The number of piperidine rings is 1. The molecule has 2 unspecified atom stereocenters. The summed E-state index contributed by atoms with van der Waals surface area (Å²) in [5.74, 6) is 1.70. The predicted octanol–water partition coefficient (Wildman–Crippen LogP) is 2.79. The van der Waals surface area contributed by atoms with E-state index < -0.39 is 0 Å². The van der Waals surface area contributed by atoms with Gasteiger partial charge >= 0.3 is 0 Å². The standard InChI is InChI=1S/C16H30N2O/c1-3-12(2)15-9-4-5-10-18(15)16(19)14-8-6-7-13(14)11-17/h12-15H,3-11,17H2,1-2H3/t12?,13-,14-,15?/m1/s1. The maximum atomic E-state index is 12.9. The van der Waals surface area contributed by atoms with Crippen molar-refractivity contribution in [1.29, 1.82) is 0 Å². The fraction of sp³-hybridized carbons (Fsp3) is 0.938. The van der Waals surface area contributed by atoms with Gasteiger partial charge in [0.1, 0.15) is 0 Å². The molecular weight excluding hydrogens is 236 g/mol. The first-order chi connectivity index (χ1) is 9.19. The SMILES string of the molecule is CCC(C)C1CCCCN1C(=O)[C@@H]1CCC[C@@H]1CN. The third-order valence-electron chi connectivity index (χ3n) is 5.41. The highest BCUT2D eigenvalue weighted by Gasteiger charge is 2.38. The van der Waals surface area contributed by atoms with E-state index in [-0.39, 0.29) is 5.92 Å². The highest BCUT2D eigenvalue weighted by molar-refractivity contribution is 5.80. The predicted molar refractivity (Wildman–Crippen MR) is 78.7 cm³/mol. The van der Waals surface area contributed by atoms with Gasteiger partial charge in [0.15, 0.2) is 0 Å². The fourth-order valence-electron chi connectivity index (χ4n) is 3.95. The molecule has 0 radical (unpaired) electrons. The maximum absolute atomic E-state index is 12.9. The number of nitrogens with two attached hydrogens (primary N) is 1. The lowest BCUT2D eigenvalue weighted by molar-refractivity contribution is -0.141. The zero-order chi connectivity index (χ0) is 13.8. The Morgan fingerprint density at radius 3 is 2.74 bits per heavy atom. The van der Waals surface area contributed by atoms with Gasteiger partial charge in [-0.25, -0.2) is 0 Å². The van der Waals surface area contributed by atoms with Gasteiger partial charge in [-0.05, 0) is 50.5 Å². The molecule has 2 rings (SSSR count). The fourth-order valence-corrected chi connectivity index (χ4v) is 3.95. The van der Waals surface area contributed by atoms with Crippen molar-refractivity contribution in [3.05, 3.63) is 0 Å². The van der Waals surface area contributed by atoms with Gasteiger partial charge in [-0.2, -0.15) is 0 Å². The molecule has 1 aliphatic heterocycles. The lowest BCUT2D eigenvalue weighted by Crippen LogP contribution is -2.50. The monoisotopic (exact) mass is 266 g/mol. The van der Waals surface area contributed by atoms with E-state index in [0.29, 0.717) is 30.3 Å². The second kappa shape index (κ2) is 6.74. The molecule has 1 saturated heterocycles. The van der Waals surface area contributed by atoms with Gasteiger partial charge in [0, 0.05) is 18.5 Å². The summed E-state index contributed by atoms with van der Waals surface area (Å²) in [7, 11) is 0. The zero-order valence-electron chi connectivity index (χ0n) is 12.6. The van der Waals surface area contributed by atoms with E-state index >= 15 is 0 Å². The van der Waals surface area contributed by atoms with Gasteiger partial charge in [0.05, 0.1) is 0 Å². The van der Waals surface area contributed by atoms with Crippen LogP contribution < -0.4 is 5.73 Å². The molecule has 1 aliphatic carbocycles. The quantitative estimate of drug-likeness (QED) is 0.850. The van der Waals surface area contributed by atoms with E-state index in [9.17, 15) is 4.79 Å². The second-order valence-electron chi connectivity index (χ2n) is 6.51. The molecule has 0 aromatic carbocycles. The minimum atomic E-state index is 0.217. The third-order valence-corrected chi connectivity index (χ3v) is 5.41. The van der Waals surface area contributed by atoms with Gasteiger partial charge in [0.25, 0.3) is 0 Å². The Kier molecular flexibility index (Phi) is 5.26. The summed E-state index contributed by atoms with van der Waals surface area (Å²) in [6.45, 7) is 6.19. The van der Waals surface area contributed by atoms with Gasteiger partial charge in [-0.3, -0.25) is 4.79 Å². The lowest BCUT2D eigenvalue weighted by atomic mass is 9.87. The van der Waals surface area contributed by atoms with E-state index in [1.165, 1.54) is 32.1 Å². The third kappa shape index (κ3) is 3.13. The molecular formula is C16H30N2O. The average molecular weight is 266 g/mol. The molecule has 19 heavy (non-hydrogen) atoms. The molecule has 0 aromatic heterocycles. The second-order valence-corrected chi connectivity index (χ2v) is 6.51. The number of carbonyl (C=O) groups excluding carboxylic acids is 1. The first-order valence-electron chi connectivity index (χ1n) is 8.19. The zero-order valence-corrected chi connectivity index (χ0v) is 12.6. The van der Waals surface area contributed by atoms with Crippen molar-refractivity contribution >= 4 is 5.91 Å². The van der Waals surface area contributed by atoms with Crippen LogP contribution in [0, 0.1) is 17.8 Å². The molecule has 1 amide bonds. The van der Waals surface area contributed by atoms with Crippen LogP contribution in [0.5, 0.6) is 0 Å². The van der Waals surface area contributed by atoms with Gasteiger partial charge < -0.3 is 10.6 Å². The normalized spacial score (nSPS) is 33.4. The van der Waals surface area contributed by atoms with Gasteiger partial charge in [-0.15, -0.1) is 0 Å². The molecule has 1 saturated carbocycles. The maximum Gasteiger partial charge on any atom is 0.226 e. The summed E-state index contributed by atoms with van der Waals surface area (Å²) in [5.41, 5.74) is 5.84. The Morgan fingerprint density at radius 2 is 2.05 bits per heavy atom. The number of amides is 1. The van der Waals surface area contributed by atoms with Crippen molar-refractivity contribution in [2.45, 2.75) is 64.8 Å². The van der Waals surface area contributed by atoms with Crippen LogP contribution in [0.3, 0.4) is 0 Å². The highest BCUT2D eigenvalue weighted by atomic mass is 16.2. The summed E-state index contributed by atoms with van der Waals surface area (Å²) < 4.78 is 0. The number of rotatable bonds is 4. The van der Waals surface area contributed by atoms with Crippen LogP contribution in [-0.4, -0.2) is 29.9 Å². The van der Waals surface area contributed by atoms with Crippen LogP contribution in [0.1, 0.15) is 58.8 Å². The Balaban J connectivity index is 2.06. The van der Waals surface area contributed by atoms with E-state index in [2.05, 4.69) is 18.7 Å². The van der Waals surface area contributed by atoms with Crippen molar-refractivity contribution in [3.63, 3.8) is 0 Å². The molecule has 4 atom stereocenters. The molecule has 3 nitrogen and oxygen atoms in total. The molecule has 0 spiro atoms. The van der Waals surface area contributed by atoms with Crippen LogP contribution in [0.15, 0.2) is 0 Å². The van der Waals surface area contributed by atoms with Crippen LogP contribution in [0.2, 0.25) is 0 Å². The Labute approximate surface area is 117 Å². The molecule has 2 fully saturated rings. The van der Waals surface area contributed by atoms with E-state index in [1.807, 2.05) is 0 Å². The van der Waals surface area contributed by atoms with E-state index in [1.54, 1.807) is 0 Å². The summed E-state index contributed by atoms with van der Waals surface area (Å²) in [6.07, 6.45) is 8.21. The van der Waals surface area contributed by atoms with E-state index in [0.717, 1.165) is 19.4 Å². The van der Waals surface area contributed by atoms with Crippen LogP contribution >= 0.6 is 0 Å². The van der Waals surface area contributed by atoms with Crippen molar-refractivity contribution in [2.24, 2.45) is 23.5 Å². The first kappa shape index (κ1) is 14.8.